The van der Waals surface area contributed by atoms with Crippen LogP contribution in [0.15, 0.2) is 39.8 Å². The highest BCUT2D eigenvalue weighted by Crippen LogP contribution is 2.38. The first-order chi connectivity index (χ1) is 9.97. The van der Waals surface area contributed by atoms with E-state index in [-0.39, 0.29) is 17.4 Å². The molecule has 0 radical (unpaired) electrons. The van der Waals surface area contributed by atoms with Crippen LogP contribution in [0.1, 0.15) is 11.1 Å². The van der Waals surface area contributed by atoms with E-state index in [0.717, 1.165) is 5.56 Å². The first-order valence-electron chi connectivity index (χ1n) is 6.12. The molecule has 3 nitrogen and oxygen atoms in total. The molecule has 0 unspecified atom stereocenters. The number of halogens is 3. The van der Waals surface area contributed by atoms with Gasteiger partial charge in [-0.1, -0.05) is 11.6 Å². The SMILES string of the molecule is Cc1c(Cl)c(Br)cc2c1NC(=O)C2=Nc1ccc(F)cc1. The van der Waals surface area contributed by atoms with Crippen LogP contribution in [-0.2, 0) is 4.79 Å². The second-order valence-corrected chi connectivity index (χ2v) is 5.84. The Hall–Kier alpha value is -1.72. The van der Waals surface area contributed by atoms with Gasteiger partial charge < -0.3 is 5.32 Å². The fourth-order valence-corrected chi connectivity index (χ4v) is 2.83. The average Bonchev–Trinajstić information content (AvgIpc) is 2.76. The molecule has 106 valence electrons. The highest BCUT2D eigenvalue weighted by molar-refractivity contribution is 9.10. The molecule has 21 heavy (non-hydrogen) atoms. The Morgan fingerprint density at radius 3 is 2.62 bits per heavy atom. The standard InChI is InChI=1S/C15H9BrClFN2O/c1-7-12(17)11(16)6-10-13(7)20-15(21)14(10)19-9-4-2-8(18)3-5-9/h2-6H,1H3,(H,19,20,21). The van der Waals surface area contributed by atoms with Crippen molar-refractivity contribution in [2.45, 2.75) is 6.92 Å². The van der Waals surface area contributed by atoms with Crippen molar-refractivity contribution < 1.29 is 9.18 Å². The van der Waals surface area contributed by atoms with E-state index < -0.39 is 0 Å². The van der Waals surface area contributed by atoms with Gasteiger partial charge >= 0.3 is 0 Å². The van der Waals surface area contributed by atoms with Gasteiger partial charge in [-0.05, 0) is 58.7 Å². The smallest absolute Gasteiger partial charge is 0.275 e. The number of anilines is 1. The van der Waals surface area contributed by atoms with Gasteiger partial charge in [-0.3, -0.25) is 4.79 Å². The maximum absolute atomic E-state index is 12.9. The van der Waals surface area contributed by atoms with E-state index in [1.54, 1.807) is 6.07 Å². The van der Waals surface area contributed by atoms with Crippen LogP contribution in [0.25, 0.3) is 0 Å². The van der Waals surface area contributed by atoms with E-state index in [0.29, 0.717) is 26.4 Å². The van der Waals surface area contributed by atoms with Crippen molar-refractivity contribution in [2.75, 3.05) is 5.32 Å². The van der Waals surface area contributed by atoms with Gasteiger partial charge in [0.1, 0.15) is 11.5 Å². The molecule has 0 fully saturated rings. The molecule has 1 aliphatic heterocycles. The molecule has 6 heteroatoms. The van der Waals surface area contributed by atoms with E-state index in [4.69, 9.17) is 11.6 Å². The van der Waals surface area contributed by atoms with Crippen LogP contribution >= 0.6 is 27.5 Å². The Morgan fingerprint density at radius 2 is 1.95 bits per heavy atom. The van der Waals surface area contributed by atoms with Crippen LogP contribution in [0.3, 0.4) is 0 Å². The fourth-order valence-electron chi connectivity index (χ4n) is 2.15. The van der Waals surface area contributed by atoms with E-state index in [9.17, 15) is 9.18 Å². The van der Waals surface area contributed by atoms with Gasteiger partial charge in [0, 0.05) is 10.0 Å². The lowest BCUT2D eigenvalue weighted by molar-refractivity contribution is -0.110. The minimum atomic E-state index is -0.347. The van der Waals surface area contributed by atoms with Crippen molar-refractivity contribution in [3.05, 3.63) is 56.8 Å². The molecule has 0 saturated carbocycles. The summed E-state index contributed by atoms with van der Waals surface area (Å²) in [6.45, 7) is 1.83. The van der Waals surface area contributed by atoms with Crippen LogP contribution < -0.4 is 5.32 Å². The number of hydrogen-bond donors (Lipinski definition) is 1. The molecule has 1 amide bonds. The third-order valence-electron chi connectivity index (χ3n) is 3.23. The van der Waals surface area contributed by atoms with Gasteiger partial charge in [0.2, 0.25) is 0 Å². The van der Waals surface area contributed by atoms with Crippen molar-refractivity contribution >= 4 is 50.5 Å². The lowest BCUT2D eigenvalue weighted by atomic mass is 10.1. The second kappa shape index (κ2) is 5.24. The summed E-state index contributed by atoms with van der Waals surface area (Å²) < 4.78 is 13.6. The minimum Gasteiger partial charge on any atom is -0.320 e. The Morgan fingerprint density at radius 1 is 1.29 bits per heavy atom. The zero-order valence-corrected chi connectivity index (χ0v) is 13.2. The molecule has 0 spiro atoms. The lowest BCUT2D eigenvalue weighted by Gasteiger charge is -2.07. The van der Waals surface area contributed by atoms with Gasteiger partial charge in [0.15, 0.2) is 0 Å². The molecular formula is C15H9BrClFN2O. The van der Waals surface area contributed by atoms with Crippen molar-refractivity contribution in [3.8, 4) is 0 Å². The Bertz CT molecular complexity index is 787. The van der Waals surface area contributed by atoms with Gasteiger partial charge in [-0.15, -0.1) is 0 Å². The summed E-state index contributed by atoms with van der Waals surface area (Å²) in [5, 5.41) is 3.32. The Balaban J connectivity index is 2.15. The van der Waals surface area contributed by atoms with Gasteiger partial charge in [-0.2, -0.15) is 0 Å². The number of carbonyl (C=O) groups is 1. The summed E-state index contributed by atoms with van der Waals surface area (Å²) in [4.78, 5) is 16.4. The minimum absolute atomic E-state index is 0.289. The maximum Gasteiger partial charge on any atom is 0.275 e. The first-order valence-corrected chi connectivity index (χ1v) is 7.29. The van der Waals surface area contributed by atoms with Gasteiger partial charge in [0.25, 0.3) is 5.91 Å². The van der Waals surface area contributed by atoms with Crippen LogP contribution in [0.2, 0.25) is 5.02 Å². The zero-order valence-electron chi connectivity index (χ0n) is 10.9. The summed E-state index contributed by atoms with van der Waals surface area (Å²) in [5.41, 5.74) is 2.92. The third kappa shape index (κ3) is 2.47. The van der Waals surface area contributed by atoms with Crippen molar-refractivity contribution in [1.29, 1.82) is 0 Å². The largest absolute Gasteiger partial charge is 0.320 e. The van der Waals surface area contributed by atoms with E-state index >= 15 is 0 Å². The Labute approximate surface area is 134 Å². The predicted octanol–water partition coefficient (Wildman–Crippen LogP) is 4.62. The topological polar surface area (TPSA) is 41.5 Å². The lowest BCUT2D eigenvalue weighted by Crippen LogP contribution is -2.14. The van der Waals surface area contributed by atoms with Crippen LogP contribution in [0.5, 0.6) is 0 Å². The summed E-state index contributed by atoms with van der Waals surface area (Å²) in [7, 11) is 0. The molecule has 0 atom stereocenters. The number of fused-ring (bicyclic) bond motifs is 1. The molecule has 0 aliphatic carbocycles. The number of rotatable bonds is 1. The van der Waals surface area contributed by atoms with Crippen molar-refractivity contribution in [1.82, 2.24) is 0 Å². The molecule has 1 N–H and O–H groups in total. The highest BCUT2D eigenvalue weighted by atomic mass is 79.9. The quantitative estimate of drug-likeness (QED) is 0.785. The second-order valence-electron chi connectivity index (χ2n) is 4.61. The molecule has 1 heterocycles. The number of hydrogen-bond acceptors (Lipinski definition) is 2. The summed E-state index contributed by atoms with van der Waals surface area (Å²) in [6.07, 6.45) is 0. The number of amides is 1. The molecule has 3 rings (SSSR count). The number of carbonyl (C=O) groups excluding carboxylic acids is 1. The molecule has 2 aromatic carbocycles. The van der Waals surface area contributed by atoms with E-state index in [2.05, 4.69) is 26.2 Å². The molecule has 2 aromatic rings. The molecule has 0 bridgehead atoms. The zero-order chi connectivity index (χ0) is 15.1. The molecule has 0 saturated heterocycles. The Kier molecular flexibility index (Phi) is 3.55. The highest BCUT2D eigenvalue weighted by Gasteiger charge is 2.29. The molecule has 0 aromatic heterocycles. The summed E-state index contributed by atoms with van der Waals surface area (Å²) in [6, 6.07) is 7.40. The predicted molar refractivity (Wildman–Crippen MR) is 85.1 cm³/mol. The van der Waals surface area contributed by atoms with E-state index in [1.165, 1.54) is 24.3 Å². The van der Waals surface area contributed by atoms with Crippen LogP contribution in [0.4, 0.5) is 15.8 Å². The molecule has 1 aliphatic rings. The van der Waals surface area contributed by atoms with E-state index in [1.807, 2.05) is 6.92 Å². The number of benzene rings is 2. The summed E-state index contributed by atoms with van der Waals surface area (Å²) in [5.74, 6) is -0.646. The number of nitrogens with one attached hydrogen (secondary N) is 1. The normalized spacial score (nSPS) is 15.2. The summed E-state index contributed by atoms with van der Waals surface area (Å²) >= 11 is 9.52. The number of nitrogens with zero attached hydrogens (tertiary/aromatic N) is 1. The fraction of sp³-hybridized carbons (Fsp3) is 0.0667. The van der Waals surface area contributed by atoms with Gasteiger partial charge in [-0.25, -0.2) is 9.38 Å². The number of aliphatic imine (C=N–C) groups is 1. The maximum atomic E-state index is 12.9. The average molecular weight is 368 g/mol. The van der Waals surface area contributed by atoms with Crippen molar-refractivity contribution in [3.63, 3.8) is 0 Å². The third-order valence-corrected chi connectivity index (χ3v) is 4.57. The first kappa shape index (κ1) is 14.2. The monoisotopic (exact) mass is 366 g/mol. The van der Waals surface area contributed by atoms with Gasteiger partial charge in [0.05, 0.1) is 16.4 Å². The van der Waals surface area contributed by atoms with Crippen molar-refractivity contribution in [2.24, 2.45) is 4.99 Å². The van der Waals surface area contributed by atoms with Crippen LogP contribution in [-0.4, -0.2) is 11.6 Å². The molecular weight excluding hydrogens is 359 g/mol. The van der Waals surface area contributed by atoms with Crippen LogP contribution in [0, 0.1) is 12.7 Å².